The van der Waals surface area contributed by atoms with Gasteiger partial charge in [-0.1, -0.05) is 30.0 Å². The number of allylic oxidation sites excluding steroid dienone is 1. The number of aromatic nitrogens is 4. The van der Waals surface area contributed by atoms with Gasteiger partial charge in [-0.2, -0.15) is 5.10 Å². The number of benzene rings is 1. The van der Waals surface area contributed by atoms with Gasteiger partial charge in [-0.25, -0.2) is 4.98 Å². The van der Waals surface area contributed by atoms with Gasteiger partial charge in [0.1, 0.15) is 5.82 Å². The third kappa shape index (κ3) is 3.70. The van der Waals surface area contributed by atoms with Gasteiger partial charge >= 0.3 is 0 Å². The highest BCUT2D eigenvalue weighted by Crippen LogP contribution is 2.18. The molecule has 0 radical (unpaired) electrons. The molecule has 0 atom stereocenters. The van der Waals surface area contributed by atoms with Crippen molar-refractivity contribution in [2.75, 3.05) is 11.1 Å². The summed E-state index contributed by atoms with van der Waals surface area (Å²) in [7, 11) is 1.77. The quantitative estimate of drug-likeness (QED) is 0.410. The fraction of sp³-hybridized carbons (Fsp3) is 0.222. The monoisotopic (exact) mass is 369 g/mol. The Labute approximate surface area is 154 Å². The number of para-hydroxylation sites is 1. The summed E-state index contributed by atoms with van der Waals surface area (Å²) in [5.74, 6) is 0.570. The Morgan fingerprint density at radius 2 is 2.15 bits per heavy atom. The summed E-state index contributed by atoms with van der Waals surface area (Å²) in [5.41, 5.74) is 1.30. The van der Waals surface area contributed by atoms with Crippen molar-refractivity contribution >= 4 is 34.4 Å². The molecule has 7 nitrogen and oxygen atoms in total. The van der Waals surface area contributed by atoms with Gasteiger partial charge in [0.05, 0.1) is 22.3 Å². The molecule has 0 aliphatic heterocycles. The highest BCUT2D eigenvalue weighted by molar-refractivity contribution is 7.99. The van der Waals surface area contributed by atoms with Crippen LogP contribution >= 0.6 is 11.8 Å². The fourth-order valence-electron chi connectivity index (χ4n) is 2.58. The number of amides is 1. The third-order valence-corrected chi connectivity index (χ3v) is 4.72. The van der Waals surface area contributed by atoms with E-state index >= 15 is 0 Å². The Balaban J connectivity index is 1.82. The summed E-state index contributed by atoms with van der Waals surface area (Å²) in [4.78, 5) is 29.5. The SMILES string of the molecule is C=CCn1c(SCC(=O)Nc2cc(C)nn2C)nc2ccccc2c1=O. The highest BCUT2D eigenvalue weighted by Gasteiger charge is 2.13. The number of aryl methyl sites for hydroxylation is 2. The van der Waals surface area contributed by atoms with Crippen LogP contribution in [0.15, 0.2) is 52.9 Å². The molecular weight excluding hydrogens is 350 g/mol. The van der Waals surface area contributed by atoms with Crippen molar-refractivity contribution in [1.82, 2.24) is 19.3 Å². The molecule has 0 unspecified atom stereocenters. The van der Waals surface area contributed by atoms with Crippen LogP contribution in [0.3, 0.4) is 0 Å². The molecule has 2 aromatic heterocycles. The first-order valence-corrected chi connectivity index (χ1v) is 9.02. The number of carbonyl (C=O) groups excluding carboxylic acids is 1. The van der Waals surface area contributed by atoms with E-state index in [9.17, 15) is 9.59 Å². The molecular formula is C18H19N5O2S. The number of anilines is 1. The number of rotatable bonds is 6. The highest BCUT2D eigenvalue weighted by atomic mass is 32.2. The van der Waals surface area contributed by atoms with Crippen molar-refractivity contribution in [1.29, 1.82) is 0 Å². The largest absolute Gasteiger partial charge is 0.310 e. The fourth-order valence-corrected chi connectivity index (χ4v) is 3.39. The zero-order valence-electron chi connectivity index (χ0n) is 14.6. The second kappa shape index (κ2) is 7.57. The van der Waals surface area contributed by atoms with Crippen LogP contribution < -0.4 is 10.9 Å². The molecule has 0 aliphatic carbocycles. The van der Waals surface area contributed by atoms with Crippen LogP contribution in [-0.4, -0.2) is 31.0 Å². The number of fused-ring (bicyclic) bond motifs is 1. The van der Waals surface area contributed by atoms with E-state index in [0.29, 0.717) is 28.4 Å². The summed E-state index contributed by atoms with van der Waals surface area (Å²) < 4.78 is 3.14. The van der Waals surface area contributed by atoms with E-state index < -0.39 is 0 Å². The summed E-state index contributed by atoms with van der Waals surface area (Å²) in [6.45, 7) is 5.89. The van der Waals surface area contributed by atoms with Crippen molar-refractivity contribution in [3.05, 3.63) is 59.0 Å². The Kier molecular flexibility index (Phi) is 5.22. The van der Waals surface area contributed by atoms with Gasteiger partial charge in [0.25, 0.3) is 5.56 Å². The summed E-state index contributed by atoms with van der Waals surface area (Å²) in [5, 5.41) is 8.04. The second-order valence-electron chi connectivity index (χ2n) is 5.75. The lowest BCUT2D eigenvalue weighted by molar-refractivity contribution is -0.113. The Morgan fingerprint density at radius 3 is 2.85 bits per heavy atom. The number of thioether (sulfide) groups is 1. The molecule has 1 amide bonds. The van der Waals surface area contributed by atoms with Crippen molar-refractivity contribution < 1.29 is 4.79 Å². The van der Waals surface area contributed by atoms with Gasteiger partial charge in [0.15, 0.2) is 5.16 Å². The first kappa shape index (κ1) is 17.9. The van der Waals surface area contributed by atoms with Crippen molar-refractivity contribution in [2.24, 2.45) is 7.05 Å². The molecule has 3 rings (SSSR count). The molecule has 0 spiro atoms. The van der Waals surface area contributed by atoms with Gasteiger partial charge in [0, 0.05) is 19.7 Å². The number of nitrogens with one attached hydrogen (secondary N) is 1. The van der Waals surface area contributed by atoms with Crippen LogP contribution in [0.1, 0.15) is 5.69 Å². The van der Waals surface area contributed by atoms with E-state index in [0.717, 1.165) is 5.69 Å². The maximum atomic E-state index is 12.7. The minimum Gasteiger partial charge on any atom is -0.310 e. The van der Waals surface area contributed by atoms with E-state index in [-0.39, 0.29) is 17.2 Å². The smallest absolute Gasteiger partial charge is 0.262 e. The first-order chi connectivity index (χ1) is 12.5. The van der Waals surface area contributed by atoms with E-state index in [4.69, 9.17) is 0 Å². The van der Waals surface area contributed by atoms with Crippen molar-refractivity contribution in [2.45, 2.75) is 18.6 Å². The maximum Gasteiger partial charge on any atom is 0.262 e. The summed E-state index contributed by atoms with van der Waals surface area (Å²) >= 11 is 1.22. The van der Waals surface area contributed by atoms with Crippen LogP contribution in [0.5, 0.6) is 0 Å². The van der Waals surface area contributed by atoms with Crippen molar-refractivity contribution in [3.63, 3.8) is 0 Å². The molecule has 8 heteroatoms. The topological polar surface area (TPSA) is 81.8 Å². The minimum atomic E-state index is -0.189. The summed E-state index contributed by atoms with van der Waals surface area (Å²) in [6.07, 6.45) is 1.64. The maximum absolute atomic E-state index is 12.7. The molecule has 2 heterocycles. The van der Waals surface area contributed by atoms with Crippen LogP contribution in [-0.2, 0) is 18.4 Å². The molecule has 0 saturated heterocycles. The number of nitrogens with zero attached hydrogens (tertiary/aromatic N) is 4. The molecule has 134 valence electrons. The van der Waals surface area contributed by atoms with Gasteiger partial charge in [0.2, 0.25) is 5.91 Å². The molecule has 0 saturated carbocycles. The number of hydrogen-bond acceptors (Lipinski definition) is 5. The first-order valence-electron chi connectivity index (χ1n) is 8.03. The van der Waals surface area contributed by atoms with Crippen LogP contribution in [0, 0.1) is 6.92 Å². The Bertz CT molecular complexity index is 1040. The van der Waals surface area contributed by atoms with Crippen LogP contribution in [0.4, 0.5) is 5.82 Å². The number of carbonyl (C=O) groups is 1. The second-order valence-corrected chi connectivity index (χ2v) is 6.69. The lowest BCUT2D eigenvalue weighted by Gasteiger charge is -2.11. The molecule has 26 heavy (non-hydrogen) atoms. The Morgan fingerprint density at radius 1 is 1.38 bits per heavy atom. The van der Waals surface area contributed by atoms with Gasteiger partial charge in [-0.05, 0) is 19.1 Å². The average Bonchev–Trinajstić information content (AvgIpc) is 2.93. The van der Waals surface area contributed by atoms with Gasteiger partial charge in [-0.3, -0.25) is 18.8 Å². The molecule has 0 bridgehead atoms. The number of hydrogen-bond donors (Lipinski definition) is 1. The standard InChI is InChI=1S/C18H19N5O2S/c1-4-9-23-17(25)13-7-5-6-8-14(13)19-18(23)26-11-16(24)20-15-10-12(2)21-22(15)3/h4-8,10H,1,9,11H2,2-3H3,(H,20,24). The van der Waals surface area contributed by atoms with Crippen LogP contribution in [0.2, 0.25) is 0 Å². The zero-order chi connectivity index (χ0) is 18.7. The normalized spacial score (nSPS) is 10.8. The average molecular weight is 369 g/mol. The third-order valence-electron chi connectivity index (χ3n) is 3.74. The molecule has 1 N–H and O–H groups in total. The lowest BCUT2D eigenvalue weighted by Crippen LogP contribution is -2.24. The van der Waals surface area contributed by atoms with E-state index in [1.165, 1.54) is 16.3 Å². The molecule has 3 aromatic rings. The lowest BCUT2D eigenvalue weighted by atomic mass is 10.2. The van der Waals surface area contributed by atoms with E-state index in [1.54, 1.807) is 42.1 Å². The van der Waals surface area contributed by atoms with Gasteiger partial charge in [-0.15, -0.1) is 6.58 Å². The van der Waals surface area contributed by atoms with E-state index in [2.05, 4.69) is 22.0 Å². The molecule has 0 aliphatic rings. The van der Waals surface area contributed by atoms with Crippen molar-refractivity contribution in [3.8, 4) is 0 Å². The van der Waals surface area contributed by atoms with Crippen LogP contribution in [0.25, 0.3) is 10.9 Å². The minimum absolute atomic E-state index is 0.131. The molecule has 1 aromatic carbocycles. The summed E-state index contributed by atoms with van der Waals surface area (Å²) in [6, 6.07) is 8.97. The predicted octanol–water partition coefficient (Wildman–Crippen LogP) is 2.36. The van der Waals surface area contributed by atoms with Gasteiger partial charge < -0.3 is 5.32 Å². The zero-order valence-corrected chi connectivity index (χ0v) is 15.4. The predicted molar refractivity (Wildman–Crippen MR) is 103 cm³/mol. The van der Waals surface area contributed by atoms with E-state index in [1.807, 2.05) is 13.0 Å². The molecule has 0 fully saturated rings. The Hall–Kier alpha value is -2.87.